The second-order valence-electron chi connectivity index (χ2n) is 9.65. The largest absolute Gasteiger partial charge is 0.337 e. The van der Waals surface area contributed by atoms with Crippen LogP contribution in [0.5, 0.6) is 0 Å². The van der Waals surface area contributed by atoms with Crippen LogP contribution in [0.3, 0.4) is 0 Å². The minimum absolute atomic E-state index is 0.107. The highest BCUT2D eigenvalue weighted by Gasteiger charge is 2.33. The molecule has 7 heteroatoms. The SMILES string of the molecule is Cc1c(CN2CCN(C(=O)C3CCCC3)[C@@H](C)C2)cc(F)cc1NC(=O)Cc1ccccc1F. The Morgan fingerprint density at radius 3 is 2.50 bits per heavy atom. The molecule has 0 bridgehead atoms. The summed E-state index contributed by atoms with van der Waals surface area (Å²) >= 11 is 0. The van der Waals surface area contributed by atoms with E-state index in [1.54, 1.807) is 18.2 Å². The molecule has 0 aromatic heterocycles. The molecule has 1 heterocycles. The Morgan fingerprint density at radius 1 is 1.06 bits per heavy atom. The van der Waals surface area contributed by atoms with Crippen LogP contribution < -0.4 is 5.32 Å². The van der Waals surface area contributed by atoms with Gasteiger partial charge in [-0.25, -0.2) is 8.78 Å². The molecule has 1 saturated heterocycles. The molecule has 2 aliphatic rings. The standard InChI is InChI=1S/C27H33F2N3O2/c1-18-16-31(11-12-32(18)27(34)20-7-3-4-8-20)17-22-13-23(28)15-25(19(22)2)30-26(33)14-21-9-5-6-10-24(21)29/h5-6,9-10,13,15,18,20H,3-4,7-8,11-12,14,16-17H2,1-2H3,(H,30,33)/t18-/m0/s1. The second kappa shape index (κ2) is 10.6. The molecule has 182 valence electrons. The van der Waals surface area contributed by atoms with Gasteiger partial charge in [0.15, 0.2) is 0 Å². The van der Waals surface area contributed by atoms with Gasteiger partial charge in [-0.05, 0) is 61.6 Å². The van der Waals surface area contributed by atoms with Crippen LogP contribution in [0.4, 0.5) is 14.5 Å². The molecular formula is C27H33F2N3O2. The van der Waals surface area contributed by atoms with E-state index >= 15 is 0 Å². The van der Waals surface area contributed by atoms with Crippen molar-refractivity contribution in [1.29, 1.82) is 0 Å². The molecule has 1 saturated carbocycles. The number of nitrogens with zero attached hydrogens (tertiary/aromatic N) is 2. The highest BCUT2D eigenvalue weighted by molar-refractivity contribution is 5.93. The van der Waals surface area contributed by atoms with Crippen LogP contribution in [-0.4, -0.2) is 47.3 Å². The van der Waals surface area contributed by atoms with Crippen molar-refractivity contribution >= 4 is 17.5 Å². The first-order valence-corrected chi connectivity index (χ1v) is 12.2. The lowest BCUT2D eigenvalue weighted by atomic mass is 10.0. The van der Waals surface area contributed by atoms with Crippen LogP contribution in [0.2, 0.25) is 0 Å². The topological polar surface area (TPSA) is 52.6 Å². The van der Waals surface area contributed by atoms with Gasteiger partial charge in [-0.15, -0.1) is 0 Å². The summed E-state index contributed by atoms with van der Waals surface area (Å²) in [6, 6.07) is 9.05. The van der Waals surface area contributed by atoms with Gasteiger partial charge in [0.25, 0.3) is 0 Å². The van der Waals surface area contributed by atoms with Gasteiger partial charge < -0.3 is 10.2 Å². The first-order chi connectivity index (χ1) is 16.3. The Bertz CT molecular complexity index is 1050. The molecule has 34 heavy (non-hydrogen) atoms. The summed E-state index contributed by atoms with van der Waals surface area (Å²) in [6.07, 6.45) is 4.16. The van der Waals surface area contributed by atoms with Gasteiger partial charge in [0, 0.05) is 43.8 Å². The van der Waals surface area contributed by atoms with Crippen LogP contribution in [-0.2, 0) is 22.6 Å². The number of halogens is 2. The van der Waals surface area contributed by atoms with Gasteiger partial charge in [0.1, 0.15) is 11.6 Å². The first-order valence-electron chi connectivity index (χ1n) is 12.2. The Kier molecular flexibility index (Phi) is 7.61. The van der Waals surface area contributed by atoms with Gasteiger partial charge in [-0.3, -0.25) is 14.5 Å². The van der Waals surface area contributed by atoms with E-state index in [4.69, 9.17) is 0 Å². The maximum Gasteiger partial charge on any atom is 0.228 e. The normalized spacial score (nSPS) is 19.4. The number of rotatable bonds is 6. The molecule has 2 aromatic rings. The lowest BCUT2D eigenvalue weighted by Gasteiger charge is -2.41. The third-order valence-electron chi connectivity index (χ3n) is 7.16. The van der Waals surface area contributed by atoms with Crippen molar-refractivity contribution in [3.63, 3.8) is 0 Å². The number of piperazine rings is 1. The zero-order chi connectivity index (χ0) is 24.2. The number of carbonyl (C=O) groups excluding carboxylic acids is 2. The summed E-state index contributed by atoms with van der Waals surface area (Å²) in [5.74, 6) is -0.794. The van der Waals surface area contributed by atoms with Crippen molar-refractivity contribution < 1.29 is 18.4 Å². The van der Waals surface area contributed by atoms with E-state index < -0.39 is 17.5 Å². The fraction of sp³-hybridized carbons (Fsp3) is 0.481. The molecule has 0 unspecified atom stereocenters. The molecule has 1 aliphatic heterocycles. The van der Waals surface area contributed by atoms with E-state index in [0.29, 0.717) is 24.3 Å². The number of hydrogen-bond acceptors (Lipinski definition) is 3. The first kappa shape index (κ1) is 24.3. The smallest absolute Gasteiger partial charge is 0.228 e. The maximum absolute atomic E-state index is 14.4. The Morgan fingerprint density at radius 2 is 1.79 bits per heavy atom. The van der Waals surface area contributed by atoms with E-state index in [-0.39, 0.29) is 24.3 Å². The molecule has 5 nitrogen and oxygen atoms in total. The van der Waals surface area contributed by atoms with Crippen molar-refractivity contribution in [2.75, 3.05) is 25.0 Å². The van der Waals surface area contributed by atoms with E-state index in [9.17, 15) is 18.4 Å². The molecule has 1 aliphatic carbocycles. The minimum Gasteiger partial charge on any atom is -0.337 e. The van der Waals surface area contributed by atoms with Crippen molar-refractivity contribution in [3.8, 4) is 0 Å². The predicted octanol–water partition coefficient (Wildman–Crippen LogP) is 4.68. The Balaban J connectivity index is 1.39. The van der Waals surface area contributed by atoms with E-state index in [1.807, 2.05) is 11.8 Å². The number of anilines is 1. The monoisotopic (exact) mass is 469 g/mol. The van der Waals surface area contributed by atoms with Crippen molar-refractivity contribution in [2.45, 2.75) is 58.5 Å². The Hall–Kier alpha value is -2.80. The van der Waals surface area contributed by atoms with Crippen LogP contribution in [0, 0.1) is 24.5 Å². The van der Waals surface area contributed by atoms with Crippen LogP contribution in [0.15, 0.2) is 36.4 Å². The second-order valence-corrected chi connectivity index (χ2v) is 9.65. The molecular weight excluding hydrogens is 436 g/mol. The van der Waals surface area contributed by atoms with E-state index in [2.05, 4.69) is 17.1 Å². The average molecular weight is 470 g/mol. The van der Waals surface area contributed by atoms with E-state index in [0.717, 1.165) is 49.9 Å². The quantitative estimate of drug-likeness (QED) is 0.669. The molecule has 2 fully saturated rings. The zero-order valence-electron chi connectivity index (χ0n) is 19.9. The van der Waals surface area contributed by atoms with Gasteiger partial charge in [0.05, 0.1) is 6.42 Å². The molecule has 2 amide bonds. The number of amides is 2. The van der Waals surface area contributed by atoms with Crippen molar-refractivity contribution in [3.05, 3.63) is 64.7 Å². The zero-order valence-corrected chi connectivity index (χ0v) is 19.9. The number of nitrogens with one attached hydrogen (secondary N) is 1. The fourth-order valence-corrected chi connectivity index (χ4v) is 5.19. The summed E-state index contributed by atoms with van der Waals surface area (Å²) in [6.45, 7) is 6.60. The van der Waals surface area contributed by atoms with Gasteiger partial charge in [0.2, 0.25) is 11.8 Å². The molecule has 4 rings (SSSR count). The average Bonchev–Trinajstić information content (AvgIpc) is 3.33. The van der Waals surface area contributed by atoms with E-state index in [1.165, 1.54) is 18.2 Å². The van der Waals surface area contributed by atoms with Crippen LogP contribution in [0.25, 0.3) is 0 Å². The lowest BCUT2D eigenvalue weighted by molar-refractivity contribution is -0.140. The highest BCUT2D eigenvalue weighted by Crippen LogP contribution is 2.29. The number of carbonyl (C=O) groups is 2. The third-order valence-corrected chi connectivity index (χ3v) is 7.16. The molecule has 2 aromatic carbocycles. The summed E-state index contributed by atoms with van der Waals surface area (Å²) in [7, 11) is 0. The van der Waals surface area contributed by atoms with Crippen LogP contribution in [0.1, 0.15) is 49.3 Å². The number of hydrogen-bond donors (Lipinski definition) is 1. The fourth-order valence-electron chi connectivity index (χ4n) is 5.19. The van der Waals surface area contributed by atoms with Crippen molar-refractivity contribution in [1.82, 2.24) is 9.80 Å². The molecule has 0 radical (unpaired) electrons. The summed E-state index contributed by atoms with van der Waals surface area (Å²) in [5, 5.41) is 2.75. The highest BCUT2D eigenvalue weighted by atomic mass is 19.1. The third kappa shape index (κ3) is 5.63. The molecule has 1 atom stereocenters. The van der Waals surface area contributed by atoms with Gasteiger partial charge >= 0.3 is 0 Å². The summed E-state index contributed by atoms with van der Waals surface area (Å²) < 4.78 is 28.3. The molecule has 0 spiro atoms. The number of benzene rings is 2. The van der Waals surface area contributed by atoms with Crippen molar-refractivity contribution in [2.24, 2.45) is 5.92 Å². The minimum atomic E-state index is -0.436. The van der Waals surface area contributed by atoms with Gasteiger partial charge in [-0.2, -0.15) is 0 Å². The summed E-state index contributed by atoms with van der Waals surface area (Å²) in [4.78, 5) is 29.6. The summed E-state index contributed by atoms with van der Waals surface area (Å²) in [5.41, 5.74) is 2.29. The maximum atomic E-state index is 14.4. The van der Waals surface area contributed by atoms with Crippen LogP contribution >= 0.6 is 0 Å². The Labute approximate surface area is 200 Å². The molecule has 1 N–H and O–H groups in total. The van der Waals surface area contributed by atoms with Gasteiger partial charge in [-0.1, -0.05) is 31.0 Å². The lowest BCUT2D eigenvalue weighted by Crippen LogP contribution is -2.54. The predicted molar refractivity (Wildman–Crippen MR) is 128 cm³/mol.